The number of nitrogens with one attached hydrogen (secondary N) is 1. The molecule has 0 saturated heterocycles. The Bertz CT molecular complexity index is 691. The van der Waals surface area contributed by atoms with Gasteiger partial charge in [0.2, 0.25) is 5.91 Å². The minimum atomic E-state index is -0.983. The van der Waals surface area contributed by atoms with Gasteiger partial charge in [-0.25, -0.2) is 4.79 Å². The number of esters is 1. The summed E-state index contributed by atoms with van der Waals surface area (Å²) in [4.78, 5) is 37.0. The summed E-state index contributed by atoms with van der Waals surface area (Å²) in [6.45, 7) is 5.63. The van der Waals surface area contributed by atoms with Crippen LogP contribution in [0.5, 0.6) is 0 Å². The van der Waals surface area contributed by atoms with Crippen LogP contribution in [0.3, 0.4) is 0 Å². The Balaban J connectivity index is 2.26. The molecule has 0 unspecified atom stereocenters. The first-order valence-electron chi connectivity index (χ1n) is 7.82. The molecular formula is C17H21NO5S. The number of allylic oxidation sites excluding steroid dienone is 2. The zero-order valence-electron chi connectivity index (χ0n) is 13.9. The van der Waals surface area contributed by atoms with E-state index in [0.717, 1.165) is 10.4 Å². The molecule has 2 N–H and O–H groups in total. The van der Waals surface area contributed by atoms with Crippen molar-refractivity contribution in [3.63, 3.8) is 0 Å². The van der Waals surface area contributed by atoms with Gasteiger partial charge in [0.15, 0.2) is 0 Å². The van der Waals surface area contributed by atoms with Crippen molar-refractivity contribution < 1.29 is 24.2 Å². The predicted molar refractivity (Wildman–Crippen MR) is 91.4 cm³/mol. The molecular weight excluding hydrogens is 330 g/mol. The third kappa shape index (κ3) is 3.67. The van der Waals surface area contributed by atoms with Gasteiger partial charge >= 0.3 is 11.9 Å². The van der Waals surface area contributed by atoms with Gasteiger partial charge in [-0.15, -0.1) is 11.3 Å². The number of hydrogen-bond acceptors (Lipinski definition) is 5. The number of aryl methyl sites for hydroxylation is 1. The van der Waals surface area contributed by atoms with Gasteiger partial charge in [0.1, 0.15) is 5.00 Å². The van der Waals surface area contributed by atoms with Crippen LogP contribution in [-0.2, 0) is 14.3 Å². The minimum Gasteiger partial charge on any atom is -0.481 e. The largest absolute Gasteiger partial charge is 0.481 e. The quantitative estimate of drug-likeness (QED) is 0.628. The SMILES string of the molecule is CCOC(=O)c1c(NC(=O)[C@H]2CC=CC[C@H]2C(=O)O)sc(C)c1C. The van der Waals surface area contributed by atoms with Gasteiger partial charge in [0.05, 0.1) is 24.0 Å². The summed E-state index contributed by atoms with van der Waals surface area (Å²) in [5.74, 6) is -3.23. The Kier molecular flexibility index (Phi) is 5.77. The van der Waals surface area contributed by atoms with E-state index in [1.165, 1.54) is 11.3 Å². The van der Waals surface area contributed by atoms with Crippen LogP contribution in [0, 0.1) is 25.7 Å². The van der Waals surface area contributed by atoms with Gasteiger partial charge in [-0.2, -0.15) is 0 Å². The normalized spacial score (nSPS) is 19.8. The second kappa shape index (κ2) is 7.61. The molecule has 1 aliphatic carbocycles. The number of carbonyl (C=O) groups is 3. The third-order valence-electron chi connectivity index (χ3n) is 4.19. The van der Waals surface area contributed by atoms with Gasteiger partial charge < -0.3 is 15.2 Å². The maximum absolute atomic E-state index is 12.6. The van der Waals surface area contributed by atoms with Crippen LogP contribution in [0.2, 0.25) is 0 Å². The van der Waals surface area contributed by atoms with E-state index in [1.807, 2.05) is 13.0 Å². The summed E-state index contributed by atoms with van der Waals surface area (Å²) < 4.78 is 5.06. The number of hydrogen-bond donors (Lipinski definition) is 2. The highest BCUT2D eigenvalue weighted by Gasteiger charge is 2.35. The molecule has 0 saturated carbocycles. The predicted octanol–water partition coefficient (Wildman–Crippen LogP) is 3.15. The van der Waals surface area contributed by atoms with Crippen LogP contribution in [0.4, 0.5) is 5.00 Å². The Morgan fingerprint density at radius 3 is 2.46 bits per heavy atom. The maximum Gasteiger partial charge on any atom is 0.341 e. The second-order valence-electron chi connectivity index (χ2n) is 5.69. The minimum absolute atomic E-state index is 0.245. The maximum atomic E-state index is 12.6. The molecule has 1 aliphatic rings. The molecule has 24 heavy (non-hydrogen) atoms. The number of anilines is 1. The molecule has 0 aromatic carbocycles. The molecule has 6 nitrogen and oxygen atoms in total. The smallest absolute Gasteiger partial charge is 0.341 e. The Hall–Kier alpha value is -2.15. The highest BCUT2D eigenvalue weighted by Crippen LogP contribution is 2.35. The zero-order chi connectivity index (χ0) is 17.9. The number of rotatable bonds is 5. The molecule has 0 bridgehead atoms. The van der Waals surface area contributed by atoms with Crippen LogP contribution in [-0.4, -0.2) is 29.6 Å². The first-order valence-corrected chi connectivity index (χ1v) is 8.64. The Morgan fingerprint density at radius 1 is 1.25 bits per heavy atom. The van der Waals surface area contributed by atoms with E-state index >= 15 is 0 Å². The van der Waals surface area contributed by atoms with Crippen molar-refractivity contribution in [1.82, 2.24) is 0 Å². The van der Waals surface area contributed by atoms with E-state index < -0.39 is 23.8 Å². The fraction of sp³-hybridized carbons (Fsp3) is 0.471. The molecule has 1 heterocycles. The van der Waals surface area contributed by atoms with E-state index in [1.54, 1.807) is 19.9 Å². The van der Waals surface area contributed by atoms with Crippen molar-refractivity contribution in [3.8, 4) is 0 Å². The van der Waals surface area contributed by atoms with Crippen LogP contribution >= 0.6 is 11.3 Å². The number of thiophene rings is 1. The van der Waals surface area contributed by atoms with Crippen LogP contribution in [0.15, 0.2) is 12.2 Å². The van der Waals surface area contributed by atoms with Gasteiger partial charge in [0.25, 0.3) is 0 Å². The van der Waals surface area contributed by atoms with Crippen molar-refractivity contribution in [2.45, 2.75) is 33.6 Å². The fourth-order valence-electron chi connectivity index (χ4n) is 2.75. The number of carboxylic acid groups (broad SMARTS) is 1. The summed E-state index contributed by atoms with van der Waals surface area (Å²) in [7, 11) is 0. The highest BCUT2D eigenvalue weighted by atomic mass is 32.1. The molecule has 0 radical (unpaired) electrons. The molecule has 0 spiro atoms. The van der Waals surface area contributed by atoms with E-state index in [4.69, 9.17) is 4.74 Å². The molecule has 1 aromatic rings. The molecule has 7 heteroatoms. The molecule has 0 aliphatic heterocycles. The first kappa shape index (κ1) is 18.2. The van der Waals surface area contributed by atoms with E-state index in [-0.39, 0.29) is 12.5 Å². The molecule has 2 rings (SSSR count). The summed E-state index contributed by atoms with van der Waals surface area (Å²) in [6.07, 6.45) is 4.31. The average Bonchev–Trinajstić information content (AvgIpc) is 2.81. The average molecular weight is 351 g/mol. The fourth-order valence-corrected chi connectivity index (χ4v) is 3.80. The summed E-state index contributed by atoms with van der Waals surface area (Å²) in [5.41, 5.74) is 1.12. The summed E-state index contributed by atoms with van der Waals surface area (Å²) in [5, 5.41) is 12.5. The Morgan fingerprint density at radius 2 is 1.88 bits per heavy atom. The van der Waals surface area contributed by atoms with E-state index in [0.29, 0.717) is 23.4 Å². The van der Waals surface area contributed by atoms with Gasteiger partial charge in [0, 0.05) is 4.88 Å². The van der Waals surface area contributed by atoms with Crippen molar-refractivity contribution in [2.24, 2.45) is 11.8 Å². The summed E-state index contributed by atoms with van der Waals surface area (Å²) in [6, 6.07) is 0. The lowest BCUT2D eigenvalue weighted by Crippen LogP contribution is -2.34. The molecule has 1 aromatic heterocycles. The topological polar surface area (TPSA) is 92.7 Å². The van der Waals surface area contributed by atoms with Gasteiger partial charge in [-0.3, -0.25) is 9.59 Å². The van der Waals surface area contributed by atoms with E-state index in [9.17, 15) is 19.5 Å². The van der Waals surface area contributed by atoms with Crippen molar-refractivity contribution in [2.75, 3.05) is 11.9 Å². The second-order valence-corrected chi connectivity index (χ2v) is 6.92. The van der Waals surface area contributed by atoms with Crippen molar-refractivity contribution in [1.29, 1.82) is 0 Å². The lowest BCUT2D eigenvalue weighted by atomic mass is 9.82. The lowest BCUT2D eigenvalue weighted by Gasteiger charge is -2.24. The number of aliphatic carboxylic acids is 1. The standard InChI is InChI=1S/C17H21NO5S/c1-4-23-17(22)13-9(2)10(3)24-15(13)18-14(19)11-7-5-6-8-12(11)16(20)21/h5-6,11-12H,4,7-8H2,1-3H3,(H,18,19)(H,20,21)/t11-,12+/m0/s1. The lowest BCUT2D eigenvalue weighted by molar-refractivity contribution is -0.146. The number of carboxylic acids is 1. The molecule has 2 atom stereocenters. The van der Waals surface area contributed by atoms with Gasteiger partial charge in [-0.05, 0) is 39.2 Å². The number of amides is 1. The highest BCUT2D eigenvalue weighted by molar-refractivity contribution is 7.16. The van der Waals surface area contributed by atoms with E-state index in [2.05, 4.69) is 5.32 Å². The molecule has 130 valence electrons. The zero-order valence-corrected chi connectivity index (χ0v) is 14.7. The van der Waals surface area contributed by atoms with Gasteiger partial charge in [-0.1, -0.05) is 12.2 Å². The molecule has 1 amide bonds. The first-order chi connectivity index (χ1) is 11.4. The third-order valence-corrected chi connectivity index (χ3v) is 5.31. The van der Waals surface area contributed by atoms with Crippen LogP contribution < -0.4 is 5.32 Å². The van der Waals surface area contributed by atoms with Crippen LogP contribution in [0.25, 0.3) is 0 Å². The summed E-state index contributed by atoms with van der Waals surface area (Å²) >= 11 is 1.30. The number of carbonyl (C=O) groups excluding carboxylic acids is 2. The van der Waals surface area contributed by atoms with Crippen molar-refractivity contribution >= 4 is 34.2 Å². The van der Waals surface area contributed by atoms with Crippen LogP contribution in [0.1, 0.15) is 40.6 Å². The number of ether oxygens (including phenoxy) is 1. The molecule has 0 fully saturated rings. The monoisotopic (exact) mass is 351 g/mol. The van der Waals surface area contributed by atoms with Crippen molar-refractivity contribution in [3.05, 3.63) is 28.2 Å². The Labute approximate surface area is 144 Å².